The highest BCUT2D eigenvalue weighted by molar-refractivity contribution is 5.99. The molecule has 0 amide bonds. The molecule has 1 unspecified atom stereocenters. The third-order valence-corrected chi connectivity index (χ3v) is 5.39. The minimum absolute atomic E-state index is 0.0864. The van der Waals surface area contributed by atoms with Gasteiger partial charge in [0.15, 0.2) is 0 Å². The van der Waals surface area contributed by atoms with Gasteiger partial charge in [0.25, 0.3) is 5.69 Å². The van der Waals surface area contributed by atoms with Crippen LogP contribution in [0.5, 0.6) is 0 Å². The first-order chi connectivity index (χ1) is 14.8. The number of esters is 1. The number of dihydropyridines is 1. The molecule has 0 aliphatic carbocycles. The molecule has 168 valence electrons. The van der Waals surface area contributed by atoms with Crippen molar-refractivity contribution in [2.75, 3.05) is 6.61 Å². The molecule has 1 aromatic carbocycles. The summed E-state index contributed by atoms with van der Waals surface area (Å²) in [5.74, 6) is -3.01. The van der Waals surface area contributed by atoms with E-state index in [0.717, 1.165) is 25.7 Å². The van der Waals surface area contributed by atoms with E-state index in [1.165, 1.54) is 24.6 Å². The van der Waals surface area contributed by atoms with E-state index >= 15 is 0 Å². The first-order valence-corrected chi connectivity index (χ1v) is 10.6. The van der Waals surface area contributed by atoms with Gasteiger partial charge in [-0.05, 0) is 20.3 Å². The number of rotatable bonds is 11. The minimum atomic E-state index is -1.25. The number of carboxylic acids is 1. The summed E-state index contributed by atoms with van der Waals surface area (Å²) in [4.78, 5) is 36.1. The number of nitro benzene ring substituents is 1. The maximum Gasteiger partial charge on any atom is 0.336 e. The zero-order chi connectivity index (χ0) is 23.0. The van der Waals surface area contributed by atoms with Gasteiger partial charge in [-0.3, -0.25) is 10.1 Å². The summed E-state index contributed by atoms with van der Waals surface area (Å²) in [5, 5.41) is 24.3. The largest absolute Gasteiger partial charge is 0.478 e. The standard InChI is InChI=1S/C23H30N2O6/c1-4-5-6-7-8-11-14-31-23(28)20-16(3)24-15(2)19(22(26)27)21(20)17-12-9-10-13-18(17)25(29)30/h9-10,12-13,21,24H,4-8,11,14H2,1-3H3,(H,26,27). The van der Waals surface area contributed by atoms with Gasteiger partial charge in [0, 0.05) is 23.0 Å². The summed E-state index contributed by atoms with van der Waals surface area (Å²) < 4.78 is 5.45. The molecule has 1 atom stereocenters. The van der Waals surface area contributed by atoms with Crippen LogP contribution in [0.2, 0.25) is 0 Å². The average Bonchev–Trinajstić information content (AvgIpc) is 2.72. The number of nitrogens with zero attached hydrogens (tertiary/aromatic N) is 1. The molecule has 1 heterocycles. The zero-order valence-electron chi connectivity index (χ0n) is 18.3. The Bertz CT molecular complexity index is 903. The fourth-order valence-corrected chi connectivity index (χ4v) is 3.88. The predicted molar refractivity (Wildman–Crippen MR) is 116 cm³/mol. The van der Waals surface area contributed by atoms with Crippen LogP contribution in [0.3, 0.4) is 0 Å². The van der Waals surface area contributed by atoms with Crippen LogP contribution in [0, 0.1) is 10.1 Å². The van der Waals surface area contributed by atoms with Crippen molar-refractivity contribution < 1.29 is 24.4 Å². The topological polar surface area (TPSA) is 119 Å². The van der Waals surface area contributed by atoms with Crippen LogP contribution in [0.15, 0.2) is 46.8 Å². The third kappa shape index (κ3) is 5.93. The Morgan fingerprint density at radius 1 is 1.06 bits per heavy atom. The summed E-state index contributed by atoms with van der Waals surface area (Å²) in [5.41, 5.74) is 0.653. The molecule has 31 heavy (non-hydrogen) atoms. The number of carbonyl (C=O) groups excluding carboxylic acids is 1. The molecule has 1 aliphatic rings. The number of carboxylic acid groups (broad SMARTS) is 1. The molecule has 8 heteroatoms. The molecule has 2 rings (SSSR count). The second-order valence-corrected chi connectivity index (χ2v) is 7.66. The Kier molecular flexibility index (Phi) is 8.78. The Morgan fingerprint density at radius 3 is 2.32 bits per heavy atom. The lowest BCUT2D eigenvalue weighted by Gasteiger charge is -2.29. The van der Waals surface area contributed by atoms with Gasteiger partial charge >= 0.3 is 11.9 Å². The minimum Gasteiger partial charge on any atom is -0.478 e. The van der Waals surface area contributed by atoms with E-state index in [2.05, 4.69) is 12.2 Å². The molecule has 0 bridgehead atoms. The first-order valence-electron chi connectivity index (χ1n) is 10.6. The lowest BCUT2D eigenvalue weighted by Crippen LogP contribution is -2.32. The van der Waals surface area contributed by atoms with Gasteiger partial charge in [0.1, 0.15) is 0 Å². The van der Waals surface area contributed by atoms with Crippen molar-refractivity contribution in [1.82, 2.24) is 5.32 Å². The number of unbranched alkanes of at least 4 members (excludes halogenated alkanes) is 5. The van der Waals surface area contributed by atoms with Crippen LogP contribution in [-0.2, 0) is 14.3 Å². The van der Waals surface area contributed by atoms with Crippen molar-refractivity contribution in [3.05, 3.63) is 62.5 Å². The van der Waals surface area contributed by atoms with Gasteiger partial charge in [0.2, 0.25) is 0 Å². The SMILES string of the molecule is CCCCCCCCOC(=O)C1=C(C)NC(C)=C(C(=O)O)C1c1ccccc1[N+](=O)[O-]. The number of hydrogen-bond acceptors (Lipinski definition) is 6. The van der Waals surface area contributed by atoms with Crippen molar-refractivity contribution in [1.29, 1.82) is 0 Å². The van der Waals surface area contributed by atoms with E-state index in [1.54, 1.807) is 19.9 Å². The number of aliphatic carboxylic acids is 1. The highest BCUT2D eigenvalue weighted by atomic mass is 16.6. The van der Waals surface area contributed by atoms with Crippen molar-refractivity contribution >= 4 is 17.6 Å². The summed E-state index contributed by atoms with van der Waals surface area (Å²) >= 11 is 0. The Morgan fingerprint density at radius 2 is 1.68 bits per heavy atom. The van der Waals surface area contributed by atoms with Crippen molar-refractivity contribution in [3.63, 3.8) is 0 Å². The molecule has 0 saturated carbocycles. The van der Waals surface area contributed by atoms with Crippen LogP contribution >= 0.6 is 0 Å². The normalized spacial score (nSPS) is 16.2. The number of allylic oxidation sites excluding steroid dienone is 2. The third-order valence-electron chi connectivity index (χ3n) is 5.39. The maximum atomic E-state index is 13.0. The summed E-state index contributed by atoms with van der Waals surface area (Å²) in [6, 6.07) is 5.89. The Balaban J connectivity index is 2.32. The molecule has 0 aromatic heterocycles. The quantitative estimate of drug-likeness (QED) is 0.224. The van der Waals surface area contributed by atoms with Crippen molar-refractivity contribution in [2.45, 2.75) is 65.2 Å². The second-order valence-electron chi connectivity index (χ2n) is 7.66. The second kappa shape index (κ2) is 11.3. The van der Waals surface area contributed by atoms with E-state index in [-0.39, 0.29) is 29.0 Å². The van der Waals surface area contributed by atoms with Crippen LogP contribution in [0.25, 0.3) is 0 Å². The molecule has 1 aliphatic heterocycles. The van der Waals surface area contributed by atoms with E-state index in [4.69, 9.17) is 4.74 Å². The molecule has 8 nitrogen and oxygen atoms in total. The highest BCUT2D eigenvalue weighted by Gasteiger charge is 2.40. The van der Waals surface area contributed by atoms with Gasteiger partial charge in [0.05, 0.1) is 28.6 Å². The molecule has 2 N–H and O–H groups in total. The Labute approximate surface area is 182 Å². The van der Waals surface area contributed by atoms with Gasteiger partial charge in [-0.1, -0.05) is 57.2 Å². The lowest BCUT2D eigenvalue weighted by molar-refractivity contribution is -0.385. The van der Waals surface area contributed by atoms with E-state index in [0.29, 0.717) is 17.8 Å². The summed E-state index contributed by atoms with van der Waals surface area (Å²) in [6.07, 6.45) is 6.20. The van der Waals surface area contributed by atoms with Crippen LogP contribution in [-0.4, -0.2) is 28.6 Å². The van der Waals surface area contributed by atoms with E-state index in [1.807, 2.05) is 0 Å². The van der Waals surface area contributed by atoms with E-state index in [9.17, 15) is 24.8 Å². The fourth-order valence-electron chi connectivity index (χ4n) is 3.88. The zero-order valence-corrected chi connectivity index (χ0v) is 18.3. The molecule has 0 spiro atoms. The number of carbonyl (C=O) groups is 2. The van der Waals surface area contributed by atoms with E-state index < -0.39 is 22.8 Å². The monoisotopic (exact) mass is 430 g/mol. The van der Waals surface area contributed by atoms with Crippen LogP contribution in [0.4, 0.5) is 5.69 Å². The highest BCUT2D eigenvalue weighted by Crippen LogP contribution is 2.42. The predicted octanol–water partition coefficient (Wildman–Crippen LogP) is 4.82. The Hall–Kier alpha value is -3.16. The molecular weight excluding hydrogens is 400 g/mol. The number of benzene rings is 1. The van der Waals surface area contributed by atoms with Gasteiger partial charge < -0.3 is 15.2 Å². The molecule has 0 saturated heterocycles. The lowest BCUT2D eigenvalue weighted by atomic mass is 9.79. The smallest absolute Gasteiger partial charge is 0.336 e. The molecule has 0 radical (unpaired) electrons. The summed E-state index contributed by atoms with van der Waals surface area (Å²) in [7, 11) is 0. The van der Waals surface area contributed by atoms with Crippen LogP contribution in [0.1, 0.15) is 70.8 Å². The number of para-hydroxylation sites is 1. The number of nitro groups is 1. The number of ether oxygens (including phenoxy) is 1. The van der Waals surface area contributed by atoms with Crippen molar-refractivity contribution in [3.8, 4) is 0 Å². The fraction of sp³-hybridized carbons (Fsp3) is 0.478. The summed E-state index contributed by atoms with van der Waals surface area (Å²) in [6.45, 7) is 5.58. The maximum absolute atomic E-state index is 13.0. The van der Waals surface area contributed by atoms with Gasteiger partial charge in [-0.2, -0.15) is 0 Å². The first kappa shape index (κ1) is 24.1. The number of hydrogen-bond donors (Lipinski definition) is 2. The molecule has 1 aromatic rings. The van der Waals surface area contributed by atoms with Crippen molar-refractivity contribution in [2.24, 2.45) is 0 Å². The van der Waals surface area contributed by atoms with Crippen LogP contribution < -0.4 is 5.32 Å². The molecule has 0 fully saturated rings. The average molecular weight is 431 g/mol. The molecular formula is C23H30N2O6. The number of nitrogens with one attached hydrogen (secondary N) is 1. The van der Waals surface area contributed by atoms with Gasteiger partial charge in [-0.15, -0.1) is 0 Å². The van der Waals surface area contributed by atoms with Gasteiger partial charge in [-0.25, -0.2) is 9.59 Å².